The summed E-state index contributed by atoms with van der Waals surface area (Å²) < 4.78 is 5.31. The predicted octanol–water partition coefficient (Wildman–Crippen LogP) is 2.86. The minimum atomic E-state index is -0.534. The highest BCUT2D eigenvalue weighted by molar-refractivity contribution is 5.73. The molecule has 0 rings (SSSR count). The maximum Gasteiger partial charge on any atom is 0.410 e. The van der Waals surface area contributed by atoms with Crippen LogP contribution < -0.4 is 0 Å². The van der Waals surface area contributed by atoms with Crippen LogP contribution in [0.4, 0.5) is 4.79 Å². The Morgan fingerprint density at radius 3 is 2.18 bits per heavy atom. The van der Waals surface area contributed by atoms with Gasteiger partial charge in [0.05, 0.1) is 6.04 Å². The number of hydrogen-bond acceptors (Lipinski definition) is 3. The maximum atomic E-state index is 12.0. The molecule has 0 heterocycles. The number of carbonyl (C=O) groups excluding carboxylic acids is 2. The molecule has 17 heavy (non-hydrogen) atoms. The Hall–Kier alpha value is -1.06. The maximum absolute atomic E-state index is 12.0. The Bertz CT molecular complexity index is 256. The number of hydrogen-bond donors (Lipinski definition) is 0. The van der Waals surface area contributed by atoms with Crippen molar-refractivity contribution in [2.45, 2.75) is 59.6 Å². The molecule has 0 aromatic rings. The number of ether oxygens (including phenoxy) is 1. The van der Waals surface area contributed by atoms with Gasteiger partial charge in [-0.2, -0.15) is 0 Å². The Morgan fingerprint density at radius 1 is 1.35 bits per heavy atom. The van der Waals surface area contributed by atoms with E-state index in [2.05, 4.69) is 0 Å². The molecule has 1 amide bonds. The van der Waals surface area contributed by atoms with Crippen LogP contribution in [-0.2, 0) is 9.53 Å². The van der Waals surface area contributed by atoms with Crippen molar-refractivity contribution in [3.63, 3.8) is 0 Å². The van der Waals surface area contributed by atoms with Crippen LogP contribution in [-0.4, -0.2) is 35.5 Å². The summed E-state index contributed by atoms with van der Waals surface area (Å²) in [5, 5.41) is 0. The second kappa shape index (κ2) is 6.62. The van der Waals surface area contributed by atoms with Gasteiger partial charge < -0.3 is 9.53 Å². The van der Waals surface area contributed by atoms with Crippen molar-refractivity contribution in [3.05, 3.63) is 0 Å². The molecule has 0 spiro atoms. The fourth-order valence-corrected chi connectivity index (χ4v) is 1.51. The van der Waals surface area contributed by atoms with Gasteiger partial charge in [-0.3, -0.25) is 4.90 Å². The first-order valence-corrected chi connectivity index (χ1v) is 6.17. The lowest BCUT2D eigenvalue weighted by molar-refractivity contribution is -0.113. The van der Waals surface area contributed by atoms with E-state index in [1.165, 1.54) is 4.90 Å². The summed E-state index contributed by atoms with van der Waals surface area (Å²) in [6.07, 6.45) is 1.21. The largest absolute Gasteiger partial charge is 0.444 e. The molecule has 100 valence electrons. The summed E-state index contributed by atoms with van der Waals surface area (Å²) in [6, 6.07) is -0.412. The summed E-state index contributed by atoms with van der Waals surface area (Å²) in [7, 11) is 0. The number of rotatable bonds is 5. The number of nitrogens with zero attached hydrogens (tertiary/aromatic N) is 1. The molecule has 0 aliphatic heterocycles. The predicted molar refractivity (Wildman–Crippen MR) is 67.9 cm³/mol. The van der Waals surface area contributed by atoms with Gasteiger partial charge in [-0.05, 0) is 33.1 Å². The van der Waals surface area contributed by atoms with E-state index in [1.807, 2.05) is 41.5 Å². The quantitative estimate of drug-likeness (QED) is 0.697. The fraction of sp³-hybridized carbons (Fsp3) is 0.846. The SMILES string of the molecule is CCCN(C(=O)OC(C)(C)C)C(C=O)C(C)C. The lowest BCUT2D eigenvalue weighted by Gasteiger charge is -2.32. The van der Waals surface area contributed by atoms with Crippen molar-refractivity contribution < 1.29 is 14.3 Å². The van der Waals surface area contributed by atoms with Gasteiger partial charge in [0, 0.05) is 6.54 Å². The van der Waals surface area contributed by atoms with E-state index in [0.717, 1.165) is 12.7 Å². The second-order valence-corrected chi connectivity index (χ2v) is 5.54. The minimum absolute atomic E-state index is 0.0894. The molecule has 0 saturated heterocycles. The van der Waals surface area contributed by atoms with Crippen LogP contribution in [0.5, 0.6) is 0 Å². The fourth-order valence-electron chi connectivity index (χ4n) is 1.51. The Balaban J connectivity index is 4.82. The molecular formula is C13H25NO3. The van der Waals surface area contributed by atoms with E-state index in [0.29, 0.717) is 6.54 Å². The molecule has 0 aromatic heterocycles. The molecule has 0 bridgehead atoms. The molecule has 1 atom stereocenters. The van der Waals surface area contributed by atoms with Crippen molar-refractivity contribution in [2.75, 3.05) is 6.54 Å². The van der Waals surface area contributed by atoms with E-state index in [4.69, 9.17) is 4.74 Å². The van der Waals surface area contributed by atoms with Crippen molar-refractivity contribution in [3.8, 4) is 0 Å². The van der Waals surface area contributed by atoms with Gasteiger partial charge in [0.25, 0.3) is 0 Å². The topological polar surface area (TPSA) is 46.6 Å². The van der Waals surface area contributed by atoms with Gasteiger partial charge in [-0.25, -0.2) is 4.79 Å². The molecule has 0 aromatic carbocycles. The Morgan fingerprint density at radius 2 is 1.88 bits per heavy atom. The first-order chi connectivity index (χ1) is 7.72. The Kier molecular flexibility index (Phi) is 6.21. The highest BCUT2D eigenvalue weighted by atomic mass is 16.6. The van der Waals surface area contributed by atoms with Crippen molar-refractivity contribution in [2.24, 2.45) is 5.92 Å². The summed E-state index contributed by atoms with van der Waals surface area (Å²) in [4.78, 5) is 24.6. The summed E-state index contributed by atoms with van der Waals surface area (Å²) in [5.41, 5.74) is -0.534. The van der Waals surface area contributed by atoms with Gasteiger partial charge in [0.1, 0.15) is 11.9 Å². The monoisotopic (exact) mass is 243 g/mol. The van der Waals surface area contributed by atoms with Crippen LogP contribution in [0.1, 0.15) is 48.0 Å². The first kappa shape index (κ1) is 15.9. The van der Waals surface area contributed by atoms with Gasteiger partial charge in [0.2, 0.25) is 0 Å². The zero-order chi connectivity index (χ0) is 13.6. The third-order valence-electron chi connectivity index (χ3n) is 2.27. The van der Waals surface area contributed by atoms with Gasteiger partial charge in [-0.1, -0.05) is 20.8 Å². The molecule has 0 saturated carbocycles. The molecule has 0 radical (unpaired) electrons. The van der Waals surface area contributed by atoms with E-state index >= 15 is 0 Å². The molecule has 0 fully saturated rings. The smallest absolute Gasteiger partial charge is 0.410 e. The van der Waals surface area contributed by atoms with Crippen molar-refractivity contribution in [1.82, 2.24) is 4.90 Å². The van der Waals surface area contributed by atoms with Crippen LogP contribution in [0.15, 0.2) is 0 Å². The van der Waals surface area contributed by atoms with Crippen LogP contribution >= 0.6 is 0 Å². The van der Waals surface area contributed by atoms with E-state index in [-0.39, 0.29) is 5.92 Å². The number of carbonyl (C=O) groups is 2. The van der Waals surface area contributed by atoms with E-state index in [9.17, 15) is 9.59 Å². The van der Waals surface area contributed by atoms with Gasteiger partial charge >= 0.3 is 6.09 Å². The molecule has 0 aliphatic rings. The van der Waals surface area contributed by atoms with Crippen molar-refractivity contribution >= 4 is 12.4 Å². The molecule has 0 N–H and O–H groups in total. The van der Waals surface area contributed by atoms with Crippen LogP contribution in [0.2, 0.25) is 0 Å². The second-order valence-electron chi connectivity index (χ2n) is 5.54. The normalized spacial score (nSPS) is 13.4. The number of aldehydes is 1. The Labute approximate surface area is 104 Å². The molecule has 0 aliphatic carbocycles. The van der Waals surface area contributed by atoms with Gasteiger partial charge in [-0.15, -0.1) is 0 Å². The average molecular weight is 243 g/mol. The third kappa shape index (κ3) is 5.71. The number of amides is 1. The van der Waals surface area contributed by atoms with Crippen LogP contribution in [0.25, 0.3) is 0 Å². The minimum Gasteiger partial charge on any atom is -0.444 e. The van der Waals surface area contributed by atoms with E-state index < -0.39 is 17.7 Å². The van der Waals surface area contributed by atoms with Crippen molar-refractivity contribution in [1.29, 1.82) is 0 Å². The first-order valence-electron chi connectivity index (χ1n) is 6.17. The molecule has 4 nitrogen and oxygen atoms in total. The average Bonchev–Trinajstić information content (AvgIpc) is 2.14. The zero-order valence-electron chi connectivity index (χ0n) is 11.8. The summed E-state index contributed by atoms with van der Waals surface area (Å²) in [6.45, 7) is 11.8. The summed E-state index contributed by atoms with van der Waals surface area (Å²) in [5.74, 6) is 0.0894. The van der Waals surface area contributed by atoms with Crippen LogP contribution in [0, 0.1) is 5.92 Å². The lowest BCUT2D eigenvalue weighted by atomic mass is 10.0. The van der Waals surface area contributed by atoms with E-state index in [1.54, 1.807) is 0 Å². The highest BCUT2D eigenvalue weighted by Crippen LogP contribution is 2.15. The molecule has 4 heteroatoms. The molecule has 1 unspecified atom stereocenters. The lowest BCUT2D eigenvalue weighted by Crippen LogP contribution is -2.47. The zero-order valence-corrected chi connectivity index (χ0v) is 11.8. The highest BCUT2D eigenvalue weighted by Gasteiger charge is 2.29. The van der Waals surface area contributed by atoms with Gasteiger partial charge in [0.15, 0.2) is 0 Å². The third-order valence-corrected chi connectivity index (χ3v) is 2.27. The standard InChI is InChI=1S/C13H25NO3/c1-7-8-14(11(9-15)10(2)3)12(16)17-13(4,5)6/h9-11H,7-8H2,1-6H3. The summed E-state index contributed by atoms with van der Waals surface area (Å²) >= 11 is 0. The van der Waals surface area contributed by atoms with Crippen LogP contribution in [0.3, 0.4) is 0 Å². The molecular weight excluding hydrogens is 218 g/mol.